The van der Waals surface area contributed by atoms with Gasteiger partial charge < -0.3 is 4.98 Å². The first-order chi connectivity index (χ1) is 6.07. The van der Waals surface area contributed by atoms with Crippen LogP contribution in [0.15, 0.2) is 23.5 Å². The van der Waals surface area contributed by atoms with Crippen LogP contribution in [0.4, 0.5) is 0 Å². The van der Waals surface area contributed by atoms with Gasteiger partial charge in [-0.25, -0.2) is 18.4 Å². The fourth-order valence-corrected chi connectivity index (χ4v) is 1.63. The Morgan fingerprint density at radius 1 is 1.38 bits per heavy atom. The third kappa shape index (κ3) is 1.50. The monoisotopic (exact) mass is 217 g/mol. The summed E-state index contributed by atoms with van der Waals surface area (Å²) in [6.07, 6.45) is 2.60. The predicted molar refractivity (Wildman–Crippen MR) is 46.9 cm³/mol. The molecule has 2 heterocycles. The first-order valence-electron chi connectivity index (χ1n) is 3.31. The Bertz CT molecular complexity index is 548. The molecule has 0 amide bonds. The Balaban J connectivity index is 2.75. The maximum atomic E-state index is 10.9. The summed E-state index contributed by atoms with van der Waals surface area (Å²) in [6.45, 7) is 0. The van der Waals surface area contributed by atoms with Gasteiger partial charge in [0.25, 0.3) is 9.05 Å². The van der Waals surface area contributed by atoms with Gasteiger partial charge in [0.1, 0.15) is 4.90 Å². The molecule has 0 saturated heterocycles. The van der Waals surface area contributed by atoms with E-state index in [1.165, 1.54) is 18.6 Å². The number of hydrogen-bond acceptors (Lipinski definition) is 4. The number of halogens is 1. The number of rotatable bonds is 1. The molecule has 5 nitrogen and oxygen atoms in total. The Kier molecular flexibility index (Phi) is 1.74. The van der Waals surface area contributed by atoms with Crippen LogP contribution in [0.3, 0.4) is 0 Å². The number of pyridine rings is 1. The van der Waals surface area contributed by atoms with Gasteiger partial charge in [-0.15, -0.1) is 0 Å². The molecule has 0 radical (unpaired) electrons. The SMILES string of the molecule is O=S(=O)(Cl)c1cnc2nc[nH]c2c1. The maximum absolute atomic E-state index is 10.9. The van der Waals surface area contributed by atoms with Gasteiger partial charge in [0.05, 0.1) is 11.8 Å². The summed E-state index contributed by atoms with van der Waals surface area (Å²) in [5.41, 5.74) is 1.01. The Hall–Kier alpha value is -1.14. The van der Waals surface area contributed by atoms with E-state index in [4.69, 9.17) is 10.7 Å². The largest absolute Gasteiger partial charge is 0.343 e. The quantitative estimate of drug-likeness (QED) is 0.720. The number of fused-ring (bicyclic) bond motifs is 1. The minimum atomic E-state index is -3.71. The van der Waals surface area contributed by atoms with Crippen LogP contribution in [0.2, 0.25) is 0 Å². The highest BCUT2D eigenvalue weighted by molar-refractivity contribution is 8.13. The molecule has 7 heteroatoms. The third-order valence-electron chi connectivity index (χ3n) is 1.53. The summed E-state index contributed by atoms with van der Waals surface area (Å²) < 4.78 is 21.8. The average molecular weight is 218 g/mol. The van der Waals surface area contributed by atoms with E-state index in [-0.39, 0.29) is 4.90 Å². The van der Waals surface area contributed by atoms with Gasteiger partial charge in [0.2, 0.25) is 0 Å². The van der Waals surface area contributed by atoms with Crippen molar-refractivity contribution in [2.45, 2.75) is 4.90 Å². The Morgan fingerprint density at radius 2 is 2.15 bits per heavy atom. The summed E-state index contributed by atoms with van der Waals surface area (Å²) >= 11 is 0. The molecule has 0 aromatic carbocycles. The molecule has 2 rings (SSSR count). The summed E-state index contributed by atoms with van der Waals surface area (Å²) in [6, 6.07) is 1.39. The number of nitrogens with zero attached hydrogens (tertiary/aromatic N) is 2. The van der Waals surface area contributed by atoms with Crippen LogP contribution in [0.5, 0.6) is 0 Å². The zero-order valence-corrected chi connectivity index (χ0v) is 7.80. The summed E-state index contributed by atoms with van der Waals surface area (Å²) in [5.74, 6) is 0. The van der Waals surface area contributed by atoms with Crippen LogP contribution in [0, 0.1) is 0 Å². The van der Waals surface area contributed by atoms with Crippen molar-refractivity contribution >= 4 is 30.9 Å². The number of H-pyrrole nitrogens is 1. The van der Waals surface area contributed by atoms with E-state index >= 15 is 0 Å². The molecule has 0 atom stereocenters. The fourth-order valence-electron chi connectivity index (χ4n) is 0.944. The van der Waals surface area contributed by atoms with Crippen LogP contribution in [-0.2, 0) is 9.05 Å². The lowest BCUT2D eigenvalue weighted by atomic mass is 10.4. The molecule has 0 unspecified atom stereocenters. The third-order valence-corrected chi connectivity index (χ3v) is 2.85. The minimum Gasteiger partial charge on any atom is -0.343 e. The molecular formula is C6H4ClN3O2S. The predicted octanol–water partition coefficient (Wildman–Crippen LogP) is 0.885. The van der Waals surface area contributed by atoms with Crippen molar-refractivity contribution in [3.05, 3.63) is 18.6 Å². The molecule has 0 saturated carbocycles. The van der Waals surface area contributed by atoms with Crippen molar-refractivity contribution in [1.29, 1.82) is 0 Å². The van der Waals surface area contributed by atoms with Crippen LogP contribution >= 0.6 is 10.7 Å². The first-order valence-corrected chi connectivity index (χ1v) is 5.62. The Labute approximate surface area is 78.2 Å². The van der Waals surface area contributed by atoms with Gasteiger partial charge in [0, 0.05) is 16.9 Å². The molecule has 0 aliphatic rings. The van der Waals surface area contributed by atoms with E-state index in [1.54, 1.807) is 0 Å². The lowest BCUT2D eigenvalue weighted by Crippen LogP contribution is -1.91. The highest BCUT2D eigenvalue weighted by Gasteiger charge is 2.11. The summed E-state index contributed by atoms with van der Waals surface area (Å²) in [5, 5.41) is 0. The molecule has 13 heavy (non-hydrogen) atoms. The molecule has 0 spiro atoms. The van der Waals surface area contributed by atoms with Crippen LogP contribution in [-0.4, -0.2) is 23.4 Å². The number of aromatic nitrogens is 3. The molecule has 0 aliphatic carbocycles. The molecule has 2 aromatic heterocycles. The molecule has 0 bridgehead atoms. The summed E-state index contributed by atoms with van der Waals surface area (Å²) in [4.78, 5) is 10.3. The first kappa shape index (κ1) is 8.46. The molecule has 1 N–H and O–H groups in total. The number of imidazole rings is 1. The highest BCUT2D eigenvalue weighted by atomic mass is 35.7. The molecule has 68 valence electrons. The standard InChI is InChI=1S/C6H4ClN3O2S/c7-13(11,12)4-1-5-6(8-2-4)10-3-9-5/h1-3H,(H,8,9,10). The van der Waals surface area contributed by atoms with E-state index in [9.17, 15) is 8.42 Å². The maximum Gasteiger partial charge on any atom is 0.262 e. The minimum absolute atomic E-state index is 0.0362. The van der Waals surface area contributed by atoms with Crippen LogP contribution < -0.4 is 0 Å². The van der Waals surface area contributed by atoms with Gasteiger partial charge in [-0.1, -0.05) is 0 Å². The van der Waals surface area contributed by atoms with Crippen LogP contribution in [0.1, 0.15) is 0 Å². The van der Waals surface area contributed by atoms with Crippen molar-refractivity contribution in [3.8, 4) is 0 Å². The second-order valence-electron chi connectivity index (χ2n) is 2.38. The number of nitrogens with one attached hydrogen (secondary N) is 1. The van der Waals surface area contributed by atoms with Crippen molar-refractivity contribution in [3.63, 3.8) is 0 Å². The van der Waals surface area contributed by atoms with E-state index in [2.05, 4.69) is 15.0 Å². The van der Waals surface area contributed by atoms with Gasteiger partial charge >= 0.3 is 0 Å². The average Bonchev–Trinajstić information content (AvgIpc) is 2.47. The number of hydrogen-bond donors (Lipinski definition) is 1. The van der Waals surface area contributed by atoms with Crippen molar-refractivity contribution in [2.24, 2.45) is 0 Å². The topological polar surface area (TPSA) is 75.7 Å². The van der Waals surface area contributed by atoms with Crippen LogP contribution in [0.25, 0.3) is 11.2 Å². The molecule has 0 fully saturated rings. The van der Waals surface area contributed by atoms with Gasteiger partial charge in [0.15, 0.2) is 5.65 Å². The zero-order chi connectivity index (χ0) is 9.47. The zero-order valence-electron chi connectivity index (χ0n) is 6.23. The number of aromatic amines is 1. The van der Waals surface area contributed by atoms with Crippen molar-refractivity contribution in [1.82, 2.24) is 15.0 Å². The fraction of sp³-hybridized carbons (Fsp3) is 0. The van der Waals surface area contributed by atoms with Gasteiger partial charge in [-0.2, -0.15) is 0 Å². The van der Waals surface area contributed by atoms with E-state index in [0.717, 1.165) is 0 Å². The second kappa shape index (κ2) is 2.68. The Morgan fingerprint density at radius 3 is 2.85 bits per heavy atom. The molecular weight excluding hydrogens is 214 g/mol. The lowest BCUT2D eigenvalue weighted by molar-refractivity contribution is 0.609. The second-order valence-corrected chi connectivity index (χ2v) is 4.95. The van der Waals surface area contributed by atoms with Gasteiger partial charge in [-0.05, 0) is 6.07 Å². The van der Waals surface area contributed by atoms with E-state index < -0.39 is 9.05 Å². The lowest BCUT2D eigenvalue weighted by Gasteiger charge is -1.93. The summed E-state index contributed by atoms with van der Waals surface area (Å²) in [7, 11) is 1.41. The van der Waals surface area contributed by atoms with Crippen molar-refractivity contribution in [2.75, 3.05) is 0 Å². The smallest absolute Gasteiger partial charge is 0.262 e. The molecule has 2 aromatic rings. The van der Waals surface area contributed by atoms with Crippen molar-refractivity contribution < 1.29 is 8.42 Å². The highest BCUT2D eigenvalue weighted by Crippen LogP contribution is 2.16. The van der Waals surface area contributed by atoms with E-state index in [0.29, 0.717) is 11.2 Å². The normalized spacial score (nSPS) is 12.1. The van der Waals surface area contributed by atoms with E-state index in [1.807, 2.05) is 0 Å². The van der Waals surface area contributed by atoms with Gasteiger partial charge in [-0.3, -0.25) is 0 Å². The molecule has 0 aliphatic heterocycles.